The summed E-state index contributed by atoms with van der Waals surface area (Å²) in [5.41, 5.74) is 0.904. The van der Waals surface area contributed by atoms with Crippen molar-refractivity contribution in [1.29, 1.82) is 0 Å². The van der Waals surface area contributed by atoms with Gasteiger partial charge in [-0.3, -0.25) is 0 Å². The zero-order valence-corrected chi connectivity index (χ0v) is 10.9. The van der Waals surface area contributed by atoms with Gasteiger partial charge in [-0.05, 0) is 17.7 Å². The Bertz CT molecular complexity index is 342. The SMILES string of the molecule is COCC(C)C(O)Cc1ccc(Cl)cc1Cl. The molecular formula is C12H16Cl2O2. The van der Waals surface area contributed by atoms with Crippen LogP contribution in [0.25, 0.3) is 0 Å². The summed E-state index contributed by atoms with van der Waals surface area (Å²) in [5, 5.41) is 11.1. The first kappa shape index (κ1) is 13.8. The average molecular weight is 263 g/mol. The second kappa shape index (κ2) is 6.45. The van der Waals surface area contributed by atoms with Crippen molar-refractivity contribution in [2.75, 3.05) is 13.7 Å². The quantitative estimate of drug-likeness (QED) is 0.884. The number of aliphatic hydroxyl groups excluding tert-OH is 1. The van der Waals surface area contributed by atoms with Crippen molar-refractivity contribution < 1.29 is 9.84 Å². The van der Waals surface area contributed by atoms with E-state index in [1.807, 2.05) is 13.0 Å². The van der Waals surface area contributed by atoms with Gasteiger partial charge in [0, 0.05) is 29.5 Å². The fourth-order valence-electron chi connectivity index (χ4n) is 1.49. The van der Waals surface area contributed by atoms with Gasteiger partial charge in [0.1, 0.15) is 0 Å². The third-order valence-electron chi connectivity index (χ3n) is 2.53. The molecule has 2 nitrogen and oxygen atoms in total. The summed E-state index contributed by atoms with van der Waals surface area (Å²) in [6.45, 7) is 2.48. The standard InChI is InChI=1S/C12H16Cl2O2/c1-8(7-16-2)12(15)5-9-3-4-10(13)6-11(9)14/h3-4,6,8,12,15H,5,7H2,1-2H3. The van der Waals surface area contributed by atoms with Gasteiger partial charge in [-0.25, -0.2) is 0 Å². The molecule has 0 saturated heterocycles. The summed E-state index contributed by atoms with van der Waals surface area (Å²) in [5.74, 6) is 0.0803. The van der Waals surface area contributed by atoms with Crippen molar-refractivity contribution in [1.82, 2.24) is 0 Å². The van der Waals surface area contributed by atoms with Crippen LogP contribution in [-0.4, -0.2) is 24.9 Å². The van der Waals surface area contributed by atoms with Crippen LogP contribution in [0.3, 0.4) is 0 Å². The molecule has 1 N–H and O–H groups in total. The van der Waals surface area contributed by atoms with Crippen LogP contribution in [0.1, 0.15) is 12.5 Å². The largest absolute Gasteiger partial charge is 0.392 e. The molecule has 0 bridgehead atoms. The van der Waals surface area contributed by atoms with Crippen molar-refractivity contribution >= 4 is 23.2 Å². The summed E-state index contributed by atoms with van der Waals surface area (Å²) >= 11 is 11.8. The lowest BCUT2D eigenvalue weighted by Crippen LogP contribution is -2.24. The summed E-state index contributed by atoms with van der Waals surface area (Å²) in [7, 11) is 1.62. The molecule has 0 aliphatic rings. The lowest BCUT2D eigenvalue weighted by atomic mass is 9.98. The highest BCUT2D eigenvalue weighted by Gasteiger charge is 2.16. The van der Waals surface area contributed by atoms with E-state index in [0.29, 0.717) is 23.1 Å². The number of methoxy groups -OCH3 is 1. The van der Waals surface area contributed by atoms with Crippen molar-refractivity contribution in [3.8, 4) is 0 Å². The molecule has 90 valence electrons. The molecule has 4 heteroatoms. The van der Waals surface area contributed by atoms with E-state index < -0.39 is 6.10 Å². The molecule has 0 heterocycles. The van der Waals surface area contributed by atoms with E-state index in [2.05, 4.69) is 0 Å². The first-order chi connectivity index (χ1) is 7.54. The second-order valence-electron chi connectivity index (χ2n) is 3.94. The van der Waals surface area contributed by atoms with Crippen LogP contribution in [0.2, 0.25) is 10.0 Å². The molecule has 0 saturated carbocycles. The zero-order valence-electron chi connectivity index (χ0n) is 9.41. The van der Waals surface area contributed by atoms with E-state index in [1.165, 1.54) is 0 Å². The predicted molar refractivity (Wildman–Crippen MR) is 67.2 cm³/mol. The number of benzene rings is 1. The van der Waals surface area contributed by atoms with Gasteiger partial charge in [-0.1, -0.05) is 36.2 Å². The molecular weight excluding hydrogens is 247 g/mol. The fraction of sp³-hybridized carbons (Fsp3) is 0.500. The fourth-order valence-corrected chi connectivity index (χ4v) is 1.97. The zero-order chi connectivity index (χ0) is 12.1. The molecule has 0 fully saturated rings. The summed E-state index contributed by atoms with van der Waals surface area (Å²) in [6.07, 6.45) is 0.0548. The highest BCUT2D eigenvalue weighted by Crippen LogP contribution is 2.23. The second-order valence-corrected chi connectivity index (χ2v) is 4.78. The van der Waals surface area contributed by atoms with E-state index in [0.717, 1.165) is 5.56 Å². The third-order valence-corrected chi connectivity index (χ3v) is 3.12. The normalized spacial score (nSPS) is 14.8. The van der Waals surface area contributed by atoms with Crippen molar-refractivity contribution in [3.63, 3.8) is 0 Å². The molecule has 0 amide bonds. The number of hydrogen-bond acceptors (Lipinski definition) is 2. The highest BCUT2D eigenvalue weighted by molar-refractivity contribution is 6.35. The Hall–Kier alpha value is -0.280. The molecule has 0 radical (unpaired) electrons. The maximum atomic E-state index is 9.92. The van der Waals surface area contributed by atoms with Crippen LogP contribution in [0.5, 0.6) is 0 Å². The first-order valence-electron chi connectivity index (χ1n) is 5.15. The van der Waals surface area contributed by atoms with Crippen LogP contribution < -0.4 is 0 Å². The van der Waals surface area contributed by atoms with E-state index in [4.69, 9.17) is 27.9 Å². The van der Waals surface area contributed by atoms with E-state index in [1.54, 1.807) is 19.2 Å². The van der Waals surface area contributed by atoms with Crippen molar-refractivity contribution in [2.24, 2.45) is 5.92 Å². The van der Waals surface area contributed by atoms with Crippen LogP contribution in [0.4, 0.5) is 0 Å². The maximum absolute atomic E-state index is 9.92. The summed E-state index contributed by atoms with van der Waals surface area (Å²) in [4.78, 5) is 0. The Labute approximate surface area is 106 Å². The van der Waals surface area contributed by atoms with Gasteiger partial charge < -0.3 is 9.84 Å². The van der Waals surface area contributed by atoms with Crippen LogP contribution in [0.15, 0.2) is 18.2 Å². The smallest absolute Gasteiger partial charge is 0.0628 e. The Balaban J connectivity index is 2.65. The average Bonchev–Trinajstić information content (AvgIpc) is 2.22. The summed E-state index contributed by atoms with van der Waals surface area (Å²) < 4.78 is 5.00. The van der Waals surface area contributed by atoms with Crippen LogP contribution in [0, 0.1) is 5.92 Å². The molecule has 2 atom stereocenters. The Morgan fingerprint density at radius 1 is 1.38 bits per heavy atom. The first-order valence-corrected chi connectivity index (χ1v) is 5.91. The van der Waals surface area contributed by atoms with Gasteiger partial charge in [0.2, 0.25) is 0 Å². The maximum Gasteiger partial charge on any atom is 0.0628 e. The predicted octanol–water partition coefficient (Wildman–Crippen LogP) is 3.18. The van der Waals surface area contributed by atoms with Gasteiger partial charge in [0.25, 0.3) is 0 Å². The molecule has 0 aliphatic heterocycles. The minimum atomic E-state index is -0.460. The molecule has 0 aromatic heterocycles. The van der Waals surface area contributed by atoms with Gasteiger partial charge in [-0.2, -0.15) is 0 Å². The number of ether oxygens (including phenoxy) is 1. The molecule has 16 heavy (non-hydrogen) atoms. The molecule has 2 unspecified atom stereocenters. The molecule has 0 spiro atoms. The van der Waals surface area contributed by atoms with E-state index >= 15 is 0 Å². The highest BCUT2D eigenvalue weighted by atomic mass is 35.5. The number of halogens is 2. The Morgan fingerprint density at radius 3 is 2.62 bits per heavy atom. The van der Waals surface area contributed by atoms with Gasteiger partial charge in [0.15, 0.2) is 0 Å². The van der Waals surface area contributed by atoms with Gasteiger partial charge in [-0.15, -0.1) is 0 Å². The van der Waals surface area contributed by atoms with E-state index in [-0.39, 0.29) is 5.92 Å². The minimum absolute atomic E-state index is 0.0803. The lowest BCUT2D eigenvalue weighted by molar-refractivity contribution is 0.0575. The van der Waals surface area contributed by atoms with Gasteiger partial charge in [0.05, 0.1) is 12.7 Å². The van der Waals surface area contributed by atoms with Crippen molar-refractivity contribution in [2.45, 2.75) is 19.4 Å². The molecule has 1 rings (SSSR count). The molecule has 1 aromatic carbocycles. The summed E-state index contributed by atoms with van der Waals surface area (Å²) in [6, 6.07) is 5.30. The van der Waals surface area contributed by atoms with Gasteiger partial charge >= 0.3 is 0 Å². The third kappa shape index (κ3) is 3.95. The number of rotatable bonds is 5. The topological polar surface area (TPSA) is 29.5 Å². The van der Waals surface area contributed by atoms with E-state index in [9.17, 15) is 5.11 Å². The Kier molecular flexibility index (Phi) is 5.56. The number of hydrogen-bond donors (Lipinski definition) is 1. The minimum Gasteiger partial charge on any atom is -0.392 e. The monoisotopic (exact) mass is 262 g/mol. The lowest BCUT2D eigenvalue weighted by Gasteiger charge is -2.18. The molecule has 1 aromatic rings. The Morgan fingerprint density at radius 2 is 2.06 bits per heavy atom. The van der Waals surface area contributed by atoms with Crippen molar-refractivity contribution in [3.05, 3.63) is 33.8 Å². The number of aliphatic hydroxyl groups is 1. The van der Waals surface area contributed by atoms with Crippen LogP contribution >= 0.6 is 23.2 Å². The van der Waals surface area contributed by atoms with Crippen LogP contribution in [-0.2, 0) is 11.2 Å². The molecule has 0 aliphatic carbocycles.